The van der Waals surface area contributed by atoms with Crippen LogP contribution in [0.25, 0.3) is 0 Å². The average molecular weight is 244 g/mol. The van der Waals surface area contributed by atoms with Gasteiger partial charge in [-0.15, -0.1) is 11.8 Å². The zero-order valence-electron chi connectivity index (χ0n) is 8.87. The smallest absolute Gasteiger partial charge is 0.151 e. The van der Waals surface area contributed by atoms with Crippen molar-refractivity contribution in [3.63, 3.8) is 0 Å². The lowest BCUT2D eigenvalue weighted by molar-refractivity contribution is 0.112. The molecular weight excluding hydrogens is 230 g/mol. The Bertz CT molecular complexity index is 341. The van der Waals surface area contributed by atoms with E-state index in [9.17, 15) is 4.79 Å². The number of benzene rings is 1. The number of thioether (sulfide) groups is 1. The van der Waals surface area contributed by atoms with Gasteiger partial charge in [0.05, 0.1) is 0 Å². The summed E-state index contributed by atoms with van der Waals surface area (Å²) >= 11 is 7.53. The van der Waals surface area contributed by atoms with Gasteiger partial charge in [-0.3, -0.25) is 4.79 Å². The second kappa shape index (κ2) is 6.16. The number of carbonyl (C=O) groups excluding carboxylic acids is 1. The molecule has 0 saturated heterocycles. The molecule has 0 aliphatic heterocycles. The lowest BCUT2D eigenvalue weighted by atomic mass is 10.2. The molecule has 0 amide bonds. The van der Waals surface area contributed by atoms with Crippen LogP contribution in [-0.4, -0.2) is 37.6 Å². The van der Waals surface area contributed by atoms with Crippen molar-refractivity contribution in [3.8, 4) is 0 Å². The third-order valence-corrected chi connectivity index (χ3v) is 3.18. The first-order chi connectivity index (χ1) is 7.13. The van der Waals surface area contributed by atoms with Crippen LogP contribution in [0.5, 0.6) is 0 Å². The Labute approximate surface area is 99.6 Å². The van der Waals surface area contributed by atoms with Crippen molar-refractivity contribution in [1.29, 1.82) is 0 Å². The minimum atomic E-state index is 0.674. The van der Waals surface area contributed by atoms with Gasteiger partial charge in [-0.2, -0.15) is 0 Å². The van der Waals surface area contributed by atoms with E-state index in [1.165, 1.54) is 0 Å². The second-order valence-electron chi connectivity index (χ2n) is 3.45. The average Bonchev–Trinajstić information content (AvgIpc) is 2.17. The summed E-state index contributed by atoms with van der Waals surface area (Å²) in [5.74, 6) is 0.953. The normalized spacial score (nSPS) is 10.7. The maximum absolute atomic E-state index is 10.8. The van der Waals surface area contributed by atoms with E-state index in [1.807, 2.05) is 20.2 Å². The SMILES string of the molecule is CN(C)CCSc1cc(Cl)ccc1C=O. The largest absolute Gasteiger partial charge is 0.309 e. The molecule has 0 bridgehead atoms. The molecule has 0 fully saturated rings. The number of rotatable bonds is 5. The van der Waals surface area contributed by atoms with Crippen LogP contribution in [0.4, 0.5) is 0 Å². The van der Waals surface area contributed by atoms with E-state index in [1.54, 1.807) is 23.9 Å². The lowest BCUT2D eigenvalue weighted by Crippen LogP contribution is -2.14. The molecule has 15 heavy (non-hydrogen) atoms. The van der Waals surface area contributed by atoms with Gasteiger partial charge in [0.1, 0.15) is 0 Å². The molecule has 0 unspecified atom stereocenters. The van der Waals surface area contributed by atoms with Crippen LogP contribution >= 0.6 is 23.4 Å². The standard InChI is InChI=1S/C11H14ClNOS/c1-13(2)5-6-15-11-7-10(12)4-3-9(11)8-14/h3-4,7-8H,5-6H2,1-2H3. The van der Waals surface area contributed by atoms with Crippen LogP contribution in [0, 0.1) is 0 Å². The van der Waals surface area contributed by atoms with E-state index in [0.717, 1.165) is 23.5 Å². The molecule has 2 nitrogen and oxygen atoms in total. The van der Waals surface area contributed by atoms with Crippen molar-refractivity contribution in [2.75, 3.05) is 26.4 Å². The highest BCUT2D eigenvalue weighted by molar-refractivity contribution is 7.99. The highest BCUT2D eigenvalue weighted by Crippen LogP contribution is 2.25. The molecule has 0 aromatic heterocycles. The van der Waals surface area contributed by atoms with Crippen molar-refractivity contribution < 1.29 is 4.79 Å². The van der Waals surface area contributed by atoms with Gasteiger partial charge in [0, 0.05) is 27.8 Å². The Morgan fingerprint density at radius 2 is 2.20 bits per heavy atom. The summed E-state index contributed by atoms with van der Waals surface area (Å²) in [6.07, 6.45) is 0.869. The third-order valence-electron chi connectivity index (χ3n) is 1.90. The quantitative estimate of drug-likeness (QED) is 0.586. The second-order valence-corrected chi connectivity index (χ2v) is 5.02. The molecule has 0 saturated carbocycles. The van der Waals surface area contributed by atoms with E-state index < -0.39 is 0 Å². The summed E-state index contributed by atoms with van der Waals surface area (Å²) in [5, 5.41) is 0.674. The van der Waals surface area contributed by atoms with Crippen LogP contribution in [-0.2, 0) is 0 Å². The van der Waals surface area contributed by atoms with Crippen molar-refractivity contribution in [2.24, 2.45) is 0 Å². The Hall–Kier alpha value is -0.510. The molecular formula is C11H14ClNOS. The van der Waals surface area contributed by atoms with Gasteiger partial charge < -0.3 is 4.90 Å². The number of halogens is 1. The van der Waals surface area contributed by atoms with Crippen LogP contribution < -0.4 is 0 Å². The number of aldehydes is 1. The Morgan fingerprint density at radius 3 is 2.80 bits per heavy atom. The zero-order valence-corrected chi connectivity index (χ0v) is 10.4. The van der Waals surface area contributed by atoms with Crippen molar-refractivity contribution >= 4 is 29.6 Å². The number of hydrogen-bond acceptors (Lipinski definition) is 3. The fourth-order valence-corrected chi connectivity index (χ4v) is 2.48. The van der Waals surface area contributed by atoms with Crippen LogP contribution in [0.3, 0.4) is 0 Å². The van der Waals surface area contributed by atoms with Gasteiger partial charge in [-0.05, 0) is 32.3 Å². The van der Waals surface area contributed by atoms with Gasteiger partial charge in [0.25, 0.3) is 0 Å². The van der Waals surface area contributed by atoms with Crippen LogP contribution in [0.15, 0.2) is 23.1 Å². The fourth-order valence-electron chi connectivity index (χ4n) is 1.07. The molecule has 1 aromatic carbocycles. The van der Waals surface area contributed by atoms with Crippen LogP contribution in [0.1, 0.15) is 10.4 Å². The Kier molecular flexibility index (Phi) is 5.15. The molecule has 82 valence electrons. The number of nitrogens with zero attached hydrogens (tertiary/aromatic N) is 1. The summed E-state index contributed by atoms with van der Waals surface area (Å²) in [6, 6.07) is 5.33. The monoisotopic (exact) mass is 243 g/mol. The summed E-state index contributed by atoms with van der Waals surface area (Å²) < 4.78 is 0. The van der Waals surface area contributed by atoms with E-state index in [2.05, 4.69) is 4.90 Å². The maximum atomic E-state index is 10.8. The van der Waals surface area contributed by atoms with Gasteiger partial charge in [-0.1, -0.05) is 11.6 Å². The lowest BCUT2D eigenvalue weighted by Gasteiger charge is -2.09. The van der Waals surface area contributed by atoms with E-state index in [4.69, 9.17) is 11.6 Å². The molecule has 0 N–H and O–H groups in total. The van der Waals surface area contributed by atoms with E-state index in [-0.39, 0.29) is 0 Å². The first-order valence-electron chi connectivity index (χ1n) is 4.65. The maximum Gasteiger partial charge on any atom is 0.151 e. The molecule has 4 heteroatoms. The summed E-state index contributed by atoms with van der Waals surface area (Å²) in [4.78, 5) is 13.8. The van der Waals surface area contributed by atoms with Gasteiger partial charge >= 0.3 is 0 Å². The fraction of sp³-hybridized carbons (Fsp3) is 0.364. The Morgan fingerprint density at radius 1 is 1.47 bits per heavy atom. The minimum Gasteiger partial charge on any atom is -0.309 e. The van der Waals surface area contributed by atoms with Gasteiger partial charge in [0.15, 0.2) is 6.29 Å². The van der Waals surface area contributed by atoms with E-state index >= 15 is 0 Å². The van der Waals surface area contributed by atoms with Crippen LogP contribution in [0.2, 0.25) is 5.02 Å². The first kappa shape index (κ1) is 12.6. The third kappa shape index (κ3) is 4.24. The number of hydrogen-bond donors (Lipinski definition) is 0. The molecule has 0 radical (unpaired) electrons. The van der Waals surface area contributed by atoms with Gasteiger partial charge in [-0.25, -0.2) is 0 Å². The molecule has 1 rings (SSSR count). The Balaban J connectivity index is 2.66. The topological polar surface area (TPSA) is 20.3 Å². The van der Waals surface area contributed by atoms with Gasteiger partial charge in [0.2, 0.25) is 0 Å². The summed E-state index contributed by atoms with van der Waals surface area (Å²) in [7, 11) is 4.05. The number of carbonyl (C=O) groups is 1. The predicted octanol–water partition coefficient (Wildman–Crippen LogP) is 2.81. The molecule has 0 atom stereocenters. The molecule has 0 aliphatic carbocycles. The first-order valence-corrected chi connectivity index (χ1v) is 6.02. The zero-order chi connectivity index (χ0) is 11.3. The summed E-state index contributed by atoms with van der Waals surface area (Å²) in [5.41, 5.74) is 0.711. The van der Waals surface area contributed by atoms with E-state index in [0.29, 0.717) is 10.6 Å². The predicted molar refractivity (Wildman–Crippen MR) is 66.1 cm³/mol. The molecule has 1 aromatic rings. The van der Waals surface area contributed by atoms with Crippen molar-refractivity contribution in [1.82, 2.24) is 4.90 Å². The summed E-state index contributed by atoms with van der Waals surface area (Å²) in [6.45, 7) is 0.982. The van der Waals surface area contributed by atoms with Crippen molar-refractivity contribution in [3.05, 3.63) is 28.8 Å². The molecule has 0 spiro atoms. The highest BCUT2D eigenvalue weighted by Gasteiger charge is 2.03. The highest BCUT2D eigenvalue weighted by atomic mass is 35.5. The van der Waals surface area contributed by atoms with Crippen molar-refractivity contribution in [2.45, 2.75) is 4.90 Å². The minimum absolute atomic E-state index is 0.674. The molecule has 0 heterocycles. The molecule has 0 aliphatic rings.